The predicted molar refractivity (Wildman–Crippen MR) is 78.1 cm³/mol. The zero-order valence-electron chi connectivity index (χ0n) is 11.2. The van der Waals surface area contributed by atoms with Crippen molar-refractivity contribution < 1.29 is 4.79 Å². The van der Waals surface area contributed by atoms with E-state index < -0.39 is 0 Å². The molecule has 1 aromatic carbocycles. The summed E-state index contributed by atoms with van der Waals surface area (Å²) in [6.45, 7) is 3.44. The van der Waals surface area contributed by atoms with Crippen LogP contribution in [0.25, 0.3) is 0 Å². The molecule has 0 radical (unpaired) electrons. The van der Waals surface area contributed by atoms with Gasteiger partial charge < -0.3 is 5.32 Å². The third kappa shape index (κ3) is 3.24. The van der Waals surface area contributed by atoms with E-state index in [4.69, 9.17) is 11.6 Å². The van der Waals surface area contributed by atoms with Crippen LogP contribution in [0, 0.1) is 13.8 Å². The van der Waals surface area contributed by atoms with E-state index in [9.17, 15) is 9.59 Å². The predicted octanol–water partition coefficient (Wildman–Crippen LogP) is 2.15. The van der Waals surface area contributed by atoms with Crippen LogP contribution in [-0.2, 0) is 11.3 Å². The Morgan fingerprint density at radius 1 is 1.35 bits per heavy atom. The molecule has 0 saturated carbocycles. The third-order valence-corrected chi connectivity index (χ3v) is 3.08. The van der Waals surface area contributed by atoms with E-state index in [0.29, 0.717) is 5.82 Å². The average Bonchev–Trinajstić information content (AvgIpc) is 2.36. The van der Waals surface area contributed by atoms with Gasteiger partial charge in [0.2, 0.25) is 5.91 Å². The summed E-state index contributed by atoms with van der Waals surface area (Å²) in [5.41, 5.74) is 1.34. The fourth-order valence-electron chi connectivity index (χ4n) is 1.83. The summed E-state index contributed by atoms with van der Waals surface area (Å²) in [5.74, 6) is 0.121. The number of carbonyl (C=O) groups is 1. The van der Waals surface area contributed by atoms with Crippen molar-refractivity contribution in [2.75, 3.05) is 5.32 Å². The van der Waals surface area contributed by atoms with E-state index >= 15 is 0 Å². The number of hydrogen-bond donors (Lipinski definition) is 1. The fraction of sp³-hybridized carbons (Fsp3) is 0.214. The maximum atomic E-state index is 12.0. The lowest BCUT2D eigenvalue weighted by molar-refractivity contribution is -0.116. The summed E-state index contributed by atoms with van der Waals surface area (Å²) in [7, 11) is 0. The van der Waals surface area contributed by atoms with Crippen LogP contribution >= 0.6 is 11.6 Å². The molecule has 1 amide bonds. The maximum Gasteiger partial charge on any atom is 0.255 e. The van der Waals surface area contributed by atoms with Gasteiger partial charge in [0.25, 0.3) is 5.56 Å². The van der Waals surface area contributed by atoms with E-state index in [2.05, 4.69) is 10.3 Å². The summed E-state index contributed by atoms with van der Waals surface area (Å²) in [5, 5.41) is 2.90. The molecular formula is C14H14ClN3O2. The molecule has 0 aliphatic carbocycles. The Balaban J connectivity index is 2.17. The molecule has 2 rings (SSSR count). The molecule has 6 heteroatoms. The van der Waals surface area contributed by atoms with Gasteiger partial charge in [0.05, 0.1) is 0 Å². The van der Waals surface area contributed by atoms with Gasteiger partial charge in [-0.1, -0.05) is 29.8 Å². The lowest BCUT2D eigenvalue weighted by Gasteiger charge is -2.11. The SMILES string of the molecule is Cc1ccccc1NC(=O)Cn1c(C)nc(Cl)cc1=O. The Morgan fingerprint density at radius 3 is 2.70 bits per heavy atom. The molecule has 104 valence electrons. The summed E-state index contributed by atoms with van der Waals surface area (Å²) >= 11 is 5.68. The second kappa shape index (κ2) is 5.88. The Labute approximate surface area is 121 Å². The van der Waals surface area contributed by atoms with Crippen LogP contribution in [-0.4, -0.2) is 15.5 Å². The molecule has 5 nitrogen and oxygen atoms in total. The van der Waals surface area contributed by atoms with Gasteiger partial charge in [0.15, 0.2) is 0 Å². The van der Waals surface area contributed by atoms with Crippen molar-refractivity contribution >= 4 is 23.2 Å². The van der Waals surface area contributed by atoms with E-state index in [1.807, 2.05) is 31.2 Å². The quantitative estimate of drug-likeness (QED) is 0.881. The van der Waals surface area contributed by atoms with Gasteiger partial charge in [0, 0.05) is 11.8 Å². The molecule has 0 fully saturated rings. The molecular weight excluding hydrogens is 278 g/mol. The van der Waals surface area contributed by atoms with Crippen LogP contribution < -0.4 is 10.9 Å². The number of carbonyl (C=O) groups excluding carboxylic acids is 1. The highest BCUT2D eigenvalue weighted by Crippen LogP contribution is 2.13. The minimum atomic E-state index is -0.345. The van der Waals surface area contributed by atoms with Crippen molar-refractivity contribution in [3.05, 3.63) is 57.2 Å². The van der Waals surface area contributed by atoms with Crippen LogP contribution in [0.4, 0.5) is 5.69 Å². The molecule has 1 N–H and O–H groups in total. The van der Waals surface area contributed by atoms with Crippen molar-refractivity contribution in [3.8, 4) is 0 Å². The van der Waals surface area contributed by atoms with Gasteiger partial charge in [-0.2, -0.15) is 0 Å². The number of hydrogen-bond acceptors (Lipinski definition) is 3. The number of anilines is 1. The highest BCUT2D eigenvalue weighted by atomic mass is 35.5. The van der Waals surface area contributed by atoms with Crippen LogP contribution in [0.3, 0.4) is 0 Å². The summed E-state index contributed by atoms with van der Waals surface area (Å²) in [4.78, 5) is 27.7. The maximum absolute atomic E-state index is 12.0. The van der Waals surface area contributed by atoms with E-state index in [1.165, 1.54) is 10.6 Å². The van der Waals surface area contributed by atoms with Crippen molar-refractivity contribution in [2.45, 2.75) is 20.4 Å². The number of aromatic nitrogens is 2. The fourth-order valence-corrected chi connectivity index (χ4v) is 2.04. The standard InChI is InChI=1S/C14H14ClN3O2/c1-9-5-3-4-6-11(9)17-13(19)8-18-10(2)16-12(15)7-14(18)20/h3-7H,8H2,1-2H3,(H,17,19). The molecule has 0 aliphatic rings. The van der Waals surface area contributed by atoms with Crippen molar-refractivity contribution in [2.24, 2.45) is 0 Å². The largest absolute Gasteiger partial charge is 0.324 e. The zero-order valence-corrected chi connectivity index (χ0v) is 11.9. The molecule has 1 aromatic heterocycles. The van der Waals surface area contributed by atoms with Gasteiger partial charge in [-0.3, -0.25) is 14.2 Å². The van der Waals surface area contributed by atoms with Crippen LogP contribution in [0.2, 0.25) is 5.15 Å². The minimum absolute atomic E-state index is 0.0941. The Hall–Kier alpha value is -2.14. The van der Waals surface area contributed by atoms with Crippen LogP contribution in [0.15, 0.2) is 35.1 Å². The summed E-state index contributed by atoms with van der Waals surface area (Å²) in [6.07, 6.45) is 0. The topological polar surface area (TPSA) is 64.0 Å². The monoisotopic (exact) mass is 291 g/mol. The van der Waals surface area contributed by atoms with Crippen molar-refractivity contribution in [3.63, 3.8) is 0 Å². The highest BCUT2D eigenvalue weighted by Gasteiger charge is 2.10. The molecule has 20 heavy (non-hydrogen) atoms. The first-order valence-corrected chi connectivity index (χ1v) is 6.44. The van der Waals surface area contributed by atoms with Gasteiger partial charge >= 0.3 is 0 Å². The molecule has 0 spiro atoms. The number of nitrogens with zero attached hydrogens (tertiary/aromatic N) is 2. The number of nitrogens with one attached hydrogen (secondary N) is 1. The number of halogens is 1. The van der Waals surface area contributed by atoms with E-state index in [0.717, 1.165) is 11.3 Å². The second-order valence-electron chi connectivity index (χ2n) is 4.41. The van der Waals surface area contributed by atoms with E-state index in [-0.39, 0.29) is 23.2 Å². The molecule has 0 aliphatic heterocycles. The smallest absolute Gasteiger partial charge is 0.255 e. The Bertz CT molecular complexity index is 710. The molecule has 1 heterocycles. The lowest BCUT2D eigenvalue weighted by Crippen LogP contribution is -2.29. The van der Waals surface area contributed by atoms with Gasteiger partial charge in [-0.05, 0) is 25.5 Å². The third-order valence-electron chi connectivity index (χ3n) is 2.89. The molecule has 0 saturated heterocycles. The Morgan fingerprint density at radius 2 is 2.05 bits per heavy atom. The van der Waals surface area contributed by atoms with Gasteiger partial charge in [-0.15, -0.1) is 0 Å². The lowest BCUT2D eigenvalue weighted by atomic mass is 10.2. The zero-order chi connectivity index (χ0) is 14.7. The highest BCUT2D eigenvalue weighted by molar-refractivity contribution is 6.29. The number of para-hydroxylation sites is 1. The summed E-state index contributed by atoms with van der Waals surface area (Å²) < 4.78 is 1.28. The van der Waals surface area contributed by atoms with Crippen LogP contribution in [0.5, 0.6) is 0 Å². The molecule has 0 atom stereocenters. The van der Waals surface area contributed by atoms with Gasteiger partial charge in [-0.25, -0.2) is 4.98 Å². The van der Waals surface area contributed by atoms with E-state index in [1.54, 1.807) is 6.92 Å². The molecule has 0 unspecified atom stereocenters. The number of amides is 1. The average molecular weight is 292 g/mol. The normalized spacial score (nSPS) is 10.3. The molecule has 2 aromatic rings. The van der Waals surface area contributed by atoms with Gasteiger partial charge in [0.1, 0.15) is 17.5 Å². The van der Waals surface area contributed by atoms with Crippen LogP contribution in [0.1, 0.15) is 11.4 Å². The first-order valence-electron chi connectivity index (χ1n) is 6.07. The van der Waals surface area contributed by atoms with Crippen molar-refractivity contribution in [1.82, 2.24) is 9.55 Å². The number of benzene rings is 1. The Kier molecular flexibility index (Phi) is 4.20. The number of aryl methyl sites for hydroxylation is 2. The first kappa shape index (κ1) is 14.3. The molecule has 0 bridgehead atoms. The summed E-state index contributed by atoms with van der Waals surface area (Å²) in [6, 6.07) is 8.63. The van der Waals surface area contributed by atoms with Crippen molar-refractivity contribution in [1.29, 1.82) is 0 Å². The number of rotatable bonds is 3. The second-order valence-corrected chi connectivity index (χ2v) is 4.80. The minimum Gasteiger partial charge on any atom is -0.324 e. The first-order chi connectivity index (χ1) is 9.47.